The fraction of sp³-hybridized carbons (Fsp3) is 0.417. The predicted octanol–water partition coefficient (Wildman–Crippen LogP) is 3.72. The molecule has 2 aliphatic rings. The lowest BCUT2D eigenvalue weighted by Crippen LogP contribution is -2.42. The molecule has 0 spiro atoms. The number of rotatable bonds is 7. The molecule has 1 fully saturated rings. The van der Waals surface area contributed by atoms with Gasteiger partial charge in [-0.2, -0.15) is 0 Å². The number of amides is 1. The highest BCUT2D eigenvalue weighted by atomic mass is 16.6. The minimum Gasteiger partial charge on any atom is -0.464 e. The van der Waals surface area contributed by atoms with Crippen molar-refractivity contribution in [2.45, 2.75) is 37.6 Å². The highest BCUT2D eigenvalue weighted by molar-refractivity contribution is 5.82. The van der Waals surface area contributed by atoms with E-state index >= 15 is 0 Å². The van der Waals surface area contributed by atoms with Gasteiger partial charge in [0.25, 0.3) is 0 Å². The summed E-state index contributed by atoms with van der Waals surface area (Å²) in [5, 5.41) is 8.82. The normalized spacial score (nSPS) is 17.5. The van der Waals surface area contributed by atoms with E-state index in [-0.39, 0.29) is 31.7 Å². The van der Waals surface area contributed by atoms with Crippen molar-refractivity contribution in [3.63, 3.8) is 0 Å². The van der Waals surface area contributed by atoms with Gasteiger partial charge in [-0.25, -0.2) is 9.59 Å². The largest absolute Gasteiger partial charge is 0.464 e. The maximum atomic E-state index is 12.8. The van der Waals surface area contributed by atoms with Gasteiger partial charge in [-0.3, -0.25) is 4.90 Å². The van der Waals surface area contributed by atoms with Gasteiger partial charge < -0.3 is 14.6 Å². The van der Waals surface area contributed by atoms with Gasteiger partial charge >= 0.3 is 12.1 Å². The number of aliphatic hydroxyl groups is 1. The van der Waals surface area contributed by atoms with E-state index in [1.807, 2.05) is 24.3 Å². The zero-order valence-electron chi connectivity index (χ0n) is 17.0. The Morgan fingerprint density at radius 2 is 1.63 bits per heavy atom. The molecule has 158 valence electrons. The molecule has 1 N–H and O–H groups in total. The summed E-state index contributed by atoms with van der Waals surface area (Å²) in [5.41, 5.74) is 4.68. The van der Waals surface area contributed by atoms with E-state index in [1.165, 1.54) is 16.0 Å². The zero-order chi connectivity index (χ0) is 20.9. The van der Waals surface area contributed by atoms with Crippen molar-refractivity contribution in [3.05, 3.63) is 59.7 Å². The summed E-state index contributed by atoms with van der Waals surface area (Å²) >= 11 is 0. The molecule has 6 heteroatoms. The van der Waals surface area contributed by atoms with Gasteiger partial charge in [0.05, 0.1) is 6.61 Å². The van der Waals surface area contributed by atoms with Crippen LogP contribution in [0.25, 0.3) is 11.1 Å². The number of hydrogen-bond donors (Lipinski definition) is 1. The number of esters is 1. The summed E-state index contributed by atoms with van der Waals surface area (Å²) in [5.74, 6) is -0.396. The fourth-order valence-corrected chi connectivity index (χ4v) is 4.39. The maximum Gasteiger partial charge on any atom is 0.410 e. The van der Waals surface area contributed by atoms with Crippen LogP contribution >= 0.6 is 0 Å². The van der Waals surface area contributed by atoms with E-state index < -0.39 is 12.1 Å². The first-order chi connectivity index (χ1) is 14.7. The highest BCUT2D eigenvalue weighted by Crippen LogP contribution is 2.44. The second-order valence-electron chi connectivity index (χ2n) is 7.75. The van der Waals surface area contributed by atoms with Gasteiger partial charge in [0, 0.05) is 19.1 Å². The van der Waals surface area contributed by atoms with Gasteiger partial charge in [-0.1, -0.05) is 48.5 Å². The Bertz CT molecular complexity index is 866. The van der Waals surface area contributed by atoms with Crippen LogP contribution in [0.3, 0.4) is 0 Å². The van der Waals surface area contributed by atoms with Crippen LogP contribution in [0.1, 0.15) is 42.7 Å². The monoisotopic (exact) mass is 409 g/mol. The number of hydrogen-bond acceptors (Lipinski definition) is 5. The second-order valence-corrected chi connectivity index (χ2v) is 7.75. The molecule has 1 amide bonds. The third kappa shape index (κ3) is 4.05. The van der Waals surface area contributed by atoms with Crippen LogP contribution in [0, 0.1) is 0 Å². The molecule has 0 aromatic heterocycles. The van der Waals surface area contributed by atoms with Crippen molar-refractivity contribution >= 4 is 12.1 Å². The molecule has 1 aliphatic carbocycles. The molecule has 1 aliphatic heterocycles. The molecule has 0 saturated carbocycles. The van der Waals surface area contributed by atoms with E-state index in [9.17, 15) is 9.59 Å². The van der Waals surface area contributed by atoms with Gasteiger partial charge in [-0.15, -0.1) is 0 Å². The van der Waals surface area contributed by atoms with E-state index in [0.29, 0.717) is 25.8 Å². The van der Waals surface area contributed by atoms with Crippen LogP contribution in [-0.4, -0.2) is 54.5 Å². The molecule has 1 unspecified atom stereocenters. The Balaban J connectivity index is 1.39. The molecule has 0 bridgehead atoms. The van der Waals surface area contributed by atoms with Crippen LogP contribution < -0.4 is 0 Å². The Kier molecular flexibility index (Phi) is 6.33. The molecular weight excluding hydrogens is 382 g/mol. The molecule has 30 heavy (non-hydrogen) atoms. The first-order valence-corrected chi connectivity index (χ1v) is 10.6. The smallest absolute Gasteiger partial charge is 0.410 e. The van der Waals surface area contributed by atoms with Crippen LogP contribution in [0.15, 0.2) is 48.5 Å². The van der Waals surface area contributed by atoms with E-state index in [0.717, 1.165) is 17.5 Å². The van der Waals surface area contributed by atoms with Gasteiger partial charge in [-0.05, 0) is 47.9 Å². The molecule has 0 radical (unpaired) electrons. The number of benzene rings is 2. The summed E-state index contributed by atoms with van der Waals surface area (Å²) in [6.45, 7) is 1.07. The number of unbranched alkanes of at least 4 members (excludes halogenated alkanes) is 1. The topological polar surface area (TPSA) is 76.1 Å². The van der Waals surface area contributed by atoms with Crippen molar-refractivity contribution in [3.8, 4) is 11.1 Å². The van der Waals surface area contributed by atoms with Crippen molar-refractivity contribution in [2.75, 3.05) is 26.4 Å². The Labute approximate surface area is 176 Å². The number of carbonyl (C=O) groups is 2. The van der Waals surface area contributed by atoms with Crippen LogP contribution in [0.2, 0.25) is 0 Å². The summed E-state index contributed by atoms with van der Waals surface area (Å²) < 4.78 is 11.0. The first kappa shape index (κ1) is 20.4. The molecule has 1 heterocycles. The Hall–Kier alpha value is -2.86. The van der Waals surface area contributed by atoms with Crippen LogP contribution in [0.4, 0.5) is 4.79 Å². The highest BCUT2D eigenvalue weighted by Gasteiger charge is 2.37. The number of aliphatic hydroxyl groups excluding tert-OH is 1. The van der Waals surface area contributed by atoms with E-state index in [2.05, 4.69) is 24.3 Å². The molecule has 1 saturated heterocycles. The lowest BCUT2D eigenvalue weighted by Gasteiger charge is -2.24. The van der Waals surface area contributed by atoms with Gasteiger partial charge in [0.15, 0.2) is 0 Å². The first-order valence-electron chi connectivity index (χ1n) is 10.6. The lowest BCUT2D eigenvalue weighted by atomic mass is 9.98. The Morgan fingerprint density at radius 1 is 0.967 bits per heavy atom. The minimum absolute atomic E-state index is 0.00663. The second kappa shape index (κ2) is 9.30. The lowest BCUT2D eigenvalue weighted by molar-refractivity contribution is -0.148. The standard InChI is InChI=1S/C24H27NO5/c26-14-5-6-15-29-23(27)22-12-7-13-25(22)24(28)30-16-21-19-10-3-1-8-17(19)18-9-2-4-11-20(18)21/h1-4,8-11,21-22,26H,5-7,12-16H2. The number of fused-ring (bicyclic) bond motifs is 3. The summed E-state index contributed by atoms with van der Waals surface area (Å²) in [6, 6.07) is 15.8. The number of carbonyl (C=O) groups excluding carboxylic acids is 2. The maximum absolute atomic E-state index is 12.8. The van der Waals surface area contributed by atoms with Crippen molar-refractivity contribution in [1.29, 1.82) is 0 Å². The molecule has 1 atom stereocenters. The zero-order valence-corrected chi connectivity index (χ0v) is 17.0. The van der Waals surface area contributed by atoms with Crippen molar-refractivity contribution < 1.29 is 24.2 Å². The Morgan fingerprint density at radius 3 is 2.30 bits per heavy atom. The minimum atomic E-state index is -0.588. The SMILES string of the molecule is O=C(OCCCCO)C1CCCN1C(=O)OCC1c2ccccc2-c2ccccc21. The number of likely N-dealkylation sites (tertiary alicyclic amines) is 1. The van der Waals surface area contributed by atoms with Crippen LogP contribution in [-0.2, 0) is 14.3 Å². The molecule has 2 aromatic carbocycles. The molecule has 6 nitrogen and oxygen atoms in total. The summed E-state index contributed by atoms with van der Waals surface area (Å²) in [7, 11) is 0. The third-order valence-corrected chi connectivity index (χ3v) is 5.89. The van der Waals surface area contributed by atoms with Crippen molar-refractivity contribution in [2.24, 2.45) is 0 Å². The number of nitrogens with zero attached hydrogens (tertiary/aromatic N) is 1. The summed E-state index contributed by atoms with van der Waals surface area (Å²) in [6.07, 6.45) is 2.07. The average molecular weight is 409 g/mol. The fourth-order valence-electron chi connectivity index (χ4n) is 4.39. The molecule has 2 aromatic rings. The third-order valence-electron chi connectivity index (χ3n) is 5.89. The van der Waals surface area contributed by atoms with E-state index in [1.54, 1.807) is 0 Å². The molecule has 4 rings (SSSR count). The van der Waals surface area contributed by atoms with Crippen LogP contribution in [0.5, 0.6) is 0 Å². The predicted molar refractivity (Wildman–Crippen MR) is 112 cm³/mol. The van der Waals surface area contributed by atoms with Crippen molar-refractivity contribution in [1.82, 2.24) is 4.90 Å². The van der Waals surface area contributed by atoms with E-state index in [4.69, 9.17) is 14.6 Å². The summed E-state index contributed by atoms with van der Waals surface area (Å²) in [4.78, 5) is 26.6. The molecular formula is C24H27NO5. The van der Waals surface area contributed by atoms with Gasteiger partial charge in [0.2, 0.25) is 0 Å². The average Bonchev–Trinajstić information content (AvgIpc) is 3.39. The quantitative estimate of drug-likeness (QED) is 0.557. The number of ether oxygens (including phenoxy) is 2. The van der Waals surface area contributed by atoms with Gasteiger partial charge in [0.1, 0.15) is 12.6 Å².